The molecule has 0 radical (unpaired) electrons. The van der Waals surface area contributed by atoms with Crippen molar-refractivity contribution in [3.63, 3.8) is 0 Å². The predicted molar refractivity (Wildman–Crippen MR) is 89.0 cm³/mol. The maximum Gasteiger partial charge on any atom is 0.0820 e. The minimum atomic E-state index is -0.425. The number of aliphatic hydroxyl groups is 1. The molecular weight excluding hydrogens is 387 g/mol. The highest BCUT2D eigenvalue weighted by Crippen LogP contribution is 2.45. The first-order chi connectivity index (χ1) is 9.60. The molecule has 0 amide bonds. The van der Waals surface area contributed by atoms with E-state index in [-0.39, 0.29) is 11.5 Å². The topological polar surface area (TPSA) is 29.5 Å². The normalized spacial score (nSPS) is 26.9. The number of ether oxygens (including phenoxy) is 1. The molecule has 1 saturated carbocycles. The van der Waals surface area contributed by atoms with Gasteiger partial charge >= 0.3 is 0 Å². The third-order valence-corrected chi connectivity index (χ3v) is 6.35. The highest BCUT2D eigenvalue weighted by atomic mass is 127. The van der Waals surface area contributed by atoms with Gasteiger partial charge in [0.15, 0.2) is 0 Å². The number of hydrogen-bond acceptors (Lipinski definition) is 2. The Labute approximate surface area is 139 Å². The Morgan fingerprint density at radius 2 is 2.10 bits per heavy atom. The smallest absolute Gasteiger partial charge is 0.0820 e. The Morgan fingerprint density at radius 1 is 1.35 bits per heavy atom. The molecule has 2 nitrogen and oxygen atoms in total. The maximum atomic E-state index is 10.7. The zero-order chi connectivity index (χ0) is 14.2. The van der Waals surface area contributed by atoms with Crippen molar-refractivity contribution in [2.45, 2.75) is 50.2 Å². The van der Waals surface area contributed by atoms with Crippen LogP contribution in [0.4, 0.5) is 0 Å². The average Bonchev–Trinajstić information content (AvgIpc) is 2.89. The van der Waals surface area contributed by atoms with Crippen LogP contribution in [0.1, 0.15) is 50.2 Å². The summed E-state index contributed by atoms with van der Waals surface area (Å²) in [6.45, 7) is 0.778. The van der Waals surface area contributed by atoms with Crippen LogP contribution in [0.2, 0.25) is 5.02 Å². The van der Waals surface area contributed by atoms with E-state index in [1.807, 2.05) is 18.2 Å². The number of rotatable bonds is 2. The average molecular weight is 407 g/mol. The first-order valence-electron chi connectivity index (χ1n) is 7.37. The quantitative estimate of drug-likeness (QED) is 0.720. The van der Waals surface area contributed by atoms with E-state index in [4.69, 9.17) is 16.3 Å². The molecule has 2 unspecified atom stereocenters. The summed E-state index contributed by atoms with van der Waals surface area (Å²) in [5, 5.41) is 11.4. The van der Waals surface area contributed by atoms with Crippen molar-refractivity contribution < 1.29 is 9.84 Å². The van der Waals surface area contributed by atoms with E-state index in [2.05, 4.69) is 22.6 Å². The van der Waals surface area contributed by atoms with Crippen LogP contribution in [0.3, 0.4) is 0 Å². The van der Waals surface area contributed by atoms with Crippen molar-refractivity contribution in [3.05, 3.63) is 32.4 Å². The second-order valence-electron chi connectivity index (χ2n) is 6.11. The molecule has 2 aliphatic rings. The molecule has 1 aliphatic heterocycles. The maximum absolute atomic E-state index is 10.7. The molecule has 0 aromatic heterocycles. The van der Waals surface area contributed by atoms with Crippen molar-refractivity contribution in [2.75, 3.05) is 6.61 Å². The SMILES string of the molecule is OC(c1ccc(I)c(Cl)c1)C1CCOC2(CCCC2)C1. The van der Waals surface area contributed by atoms with Gasteiger partial charge in [-0.3, -0.25) is 0 Å². The van der Waals surface area contributed by atoms with E-state index in [0.717, 1.165) is 46.4 Å². The van der Waals surface area contributed by atoms with Crippen molar-refractivity contribution in [1.29, 1.82) is 0 Å². The van der Waals surface area contributed by atoms with Crippen molar-refractivity contribution >= 4 is 34.2 Å². The van der Waals surface area contributed by atoms with Crippen LogP contribution >= 0.6 is 34.2 Å². The van der Waals surface area contributed by atoms with Crippen LogP contribution in [-0.2, 0) is 4.74 Å². The van der Waals surface area contributed by atoms with E-state index < -0.39 is 6.10 Å². The molecular formula is C16H20ClIO2. The monoisotopic (exact) mass is 406 g/mol. The summed E-state index contributed by atoms with van der Waals surface area (Å²) in [6.07, 6.45) is 6.33. The molecule has 1 N–H and O–H groups in total. The summed E-state index contributed by atoms with van der Waals surface area (Å²) in [6, 6.07) is 5.88. The minimum Gasteiger partial charge on any atom is -0.388 e. The van der Waals surface area contributed by atoms with Gasteiger partial charge in [0.05, 0.1) is 16.7 Å². The van der Waals surface area contributed by atoms with Crippen molar-refractivity contribution in [2.24, 2.45) is 5.92 Å². The fourth-order valence-corrected chi connectivity index (χ4v) is 4.20. The van der Waals surface area contributed by atoms with Crippen LogP contribution in [0.25, 0.3) is 0 Å². The zero-order valence-electron chi connectivity index (χ0n) is 11.4. The highest BCUT2D eigenvalue weighted by molar-refractivity contribution is 14.1. The van der Waals surface area contributed by atoms with Gasteiger partial charge in [0.1, 0.15) is 0 Å². The largest absolute Gasteiger partial charge is 0.388 e. The lowest BCUT2D eigenvalue weighted by molar-refractivity contribution is -0.113. The Morgan fingerprint density at radius 3 is 2.80 bits per heavy atom. The highest BCUT2D eigenvalue weighted by Gasteiger charge is 2.41. The molecule has 110 valence electrons. The molecule has 1 saturated heterocycles. The lowest BCUT2D eigenvalue weighted by atomic mass is 9.80. The second-order valence-corrected chi connectivity index (χ2v) is 7.68. The standard InChI is InChI=1S/C16H20ClIO2/c17-13-9-11(3-4-14(13)18)15(19)12-5-8-20-16(10-12)6-1-2-7-16/h3-4,9,12,15,19H,1-2,5-8,10H2. The molecule has 3 rings (SSSR count). The number of halogens is 2. The van der Waals surface area contributed by atoms with E-state index in [9.17, 15) is 5.11 Å². The zero-order valence-corrected chi connectivity index (χ0v) is 14.4. The van der Waals surface area contributed by atoms with Gasteiger partial charge in [-0.05, 0) is 71.9 Å². The molecule has 2 fully saturated rings. The lowest BCUT2D eigenvalue weighted by Gasteiger charge is -2.40. The fraction of sp³-hybridized carbons (Fsp3) is 0.625. The third kappa shape index (κ3) is 3.01. The van der Waals surface area contributed by atoms with Crippen LogP contribution in [0, 0.1) is 9.49 Å². The minimum absolute atomic E-state index is 0.0525. The van der Waals surface area contributed by atoms with Gasteiger partial charge in [0.2, 0.25) is 0 Å². The number of hydrogen-bond donors (Lipinski definition) is 1. The van der Waals surface area contributed by atoms with Gasteiger partial charge in [-0.2, -0.15) is 0 Å². The fourth-order valence-electron chi connectivity index (χ4n) is 3.67. The first kappa shape index (κ1) is 15.1. The lowest BCUT2D eigenvalue weighted by Crippen LogP contribution is -2.39. The molecule has 0 bridgehead atoms. The van der Waals surface area contributed by atoms with Gasteiger partial charge in [-0.15, -0.1) is 0 Å². The molecule has 1 aliphatic carbocycles. The van der Waals surface area contributed by atoms with Crippen molar-refractivity contribution in [1.82, 2.24) is 0 Å². The second kappa shape index (κ2) is 6.11. The third-order valence-electron chi connectivity index (χ3n) is 4.78. The van der Waals surface area contributed by atoms with Gasteiger partial charge < -0.3 is 9.84 Å². The molecule has 2 atom stereocenters. The van der Waals surface area contributed by atoms with E-state index in [1.54, 1.807) is 0 Å². The Balaban J connectivity index is 1.75. The molecule has 20 heavy (non-hydrogen) atoms. The molecule has 4 heteroatoms. The molecule has 1 spiro atoms. The number of aliphatic hydroxyl groups excluding tert-OH is 1. The summed E-state index contributed by atoms with van der Waals surface area (Å²) in [7, 11) is 0. The summed E-state index contributed by atoms with van der Waals surface area (Å²) in [5.74, 6) is 0.290. The van der Waals surface area contributed by atoms with Gasteiger partial charge in [0.25, 0.3) is 0 Å². The summed E-state index contributed by atoms with van der Waals surface area (Å²) < 4.78 is 7.07. The van der Waals surface area contributed by atoms with Gasteiger partial charge in [-0.1, -0.05) is 30.5 Å². The van der Waals surface area contributed by atoms with E-state index in [0.29, 0.717) is 0 Å². The van der Waals surface area contributed by atoms with Crippen LogP contribution in [0.5, 0.6) is 0 Å². The van der Waals surface area contributed by atoms with Crippen LogP contribution in [-0.4, -0.2) is 17.3 Å². The summed E-state index contributed by atoms with van der Waals surface area (Å²) in [4.78, 5) is 0. The van der Waals surface area contributed by atoms with Crippen LogP contribution in [0.15, 0.2) is 18.2 Å². The van der Waals surface area contributed by atoms with Crippen LogP contribution < -0.4 is 0 Å². The first-order valence-corrected chi connectivity index (χ1v) is 8.82. The Hall–Kier alpha value is 0.160. The summed E-state index contributed by atoms with van der Waals surface area (Å²) >= 11 is 8.39. The Bertz CT molecular complexity index is 485. The van der Waals surface area contributed by atoms with Gasteiger partial charge in [0, 0.05) is 10.2 Å². The number of benzene rings is 1. The van der Waals surface area contributed by atoms with E-state index in [1.165, 1.54) is 12.8 Å². The van der Waals surface area contributed by atoms with Gasteiger partial charge in [-0.25, -0.2) is 0 Å². The van der Waals surface area contributed by atoms with Crippen molar-refractivity contribution in [3.8, 4) is 0 Å². The molecule has 1 aromatic carbocycles. The molecule has 1 heterocycles. The Kier molecular flexibility index (Phi) is 4.60. The predicted octanol–water partition coefficient (Wildman–Crippen LogP) is 4.72. The summed E-state index contributed by atoms with van der Waals surface area (Å²) in [5.41, 5.74) is 0.993. The van der Waals surface area contributed by atoms with E-state index >= 15 is 0 Å². The molecule has 1 aromatic rings.